The maximum Gasteiger partial charge on any atom is 0.326 e. The van der Waals surface area contributed by atoms with Crippen molar-refractivity contribution in [1.82, 2.24) is 24.8 Å². The summed E-state index contributed by atoms with van der Waals surface area (Å²) in [7, 11) is 0. The van der Waals surface area contributed by atoms with Crippen LogP contribution in [-0.2, 0) is 4.79 Å². The van der Waals surface area contributed by atoms with E-state index in [1.807, 2.05) is 0 Å². The fourth-order valence-electron chi connectivity index (χ4n) is 3.01. The van der Waals surface area contributed by atoms with Gasteiger partial charge >= 0.3 is 5.97 Å². The summed E-state index contributed by atoms with van der Waals surface area (Å²) < 4.78 is 15.3. The standard InChI is InChI=1S/C15H15FN8O3/c16-7-4-10(14(26)27)23(6-7)15-19-13(9-2-1-3-24(9)22-15)18-11-5-8(12(17)25)20-21-11/h1-3,5,7,10H,4,6H2,(H2,17,25)(H,26,27)(H2,18,19,20,21,22)/t7-,10+/m1/s1. The van der Waals surface area contributed by atoms with E-state index >= 15 is 0 Å². The predicted octanol–water partition coefficient (Wildman–Crippen LogP) is 0.296. The van der Waals surface area contributed by atoms with Gasteiger partial charge in [0.15, 0.2) is 11.6 Å². The first-order valence-electron chi connectivity index (χ1n) is 8.03. The molecule has 3 aromatic rings. The number of carbonyl (C=O) groups excluding carboxylic acids is 1. The van der Waals surface area contributed by atoms with E-state index in [9.17, 15) is 19.1 Å². The van der Waals surface area contributed by atoms with Gasteiger partial charge in [-0.05, 0) is 12.1 Å². The Balaban J connectivity index is 1.73. The third kappa shape index (κ3) is 3.01. The zero-order valence-corrected chi connectivity index (χ0v) is 13.8. The lowest BCUT2D eigenvalue weighted by molar-refractivity contribution is -0.138. The van der Waals surface area contributed by atoms with Gasteiger partial charge in [0.2, 0.25) is 5.95 Å². The average Bonchev–Trinajstić information content (AvgIpc) is 3.33. The number of H-pyrrole nitrogens is 1. The Labute approximate surface area is 151 Å². The van der Waals surface area contributed by atoms with E-state index in [0.29, 0.717) is 11.3 Å². The predicted molar refractivity (Wildman–Crippen MR) is 91.7 cm³/mol. The number of aromatic nitrogens is 5. The highest BCUT2D eigenvalue weighted by Crippen LogP contribution is 2.28. The summed E-state index contributed by atoms with van der Waals surface area (Å²) in [4.78, 5) is 28.3. The van der Waals surface area contributed by atoms with Crippen LogP contribution in [0.15, 0.2) is 24.4 Å². The number of nitrogens with two attached hydrogens (primary N) is 1. The molecule has 140 valence electrons. The zero-order valence-electron chi connectivity index (χ0n) is 13.8. The molecule has 1 saturated heterocycles. The SMILES string of the molecule is NC(=O)c1cc(Nc2nc(N3C[C@H](F)C[C@H]3C(=O)O)nn3cccc23)n[nH]1. The molecule has 3 aromatic heterocycles. The van der Waals surface area contributed by atoms with Crippen molar-refractivity contribution in [2.45, 2.75) is 18.6 Å². The summed E-state index contributed by atoms with van der Waals surface area (Å²) in [5, 5.41) is 23.0. The summed E-state index contributed by atoms with van der Waals surface area (Å²) in [5.74, 6) is -1.13. The van der Waals surface area contributed by atoms with Gasteiger partial charge in [0.25, 0.3) is 5.91 Å². The number of nitrogens with zero attached hydrogens (tertiary/aromatic N) is 5. The van der Waals surface area contributed by atoms with Crippen molar-refractivity contribution in [3.05, 3.63) is 30.1 Å². The summed E-state index contributed by atoms with van der Waals surface area (Å²) in [6.45, 7) is -0.114. The number of rotatable bonds is 5. The summed E-state index contributed by atoms with van der Waals surface area (Å²) >= 11 is 0. The van der Waals surface area contributed by atoms with Gasteiger partial charge in [-0.1, -0.05) is 0 Å². The number of primary amides is 1. The maximum atomic E-state index is 13.8. The first-order chi connectivity index (χ1) is 12.9. The third-order valence-electron chi connectivity index (χ3n) is 4.26. The maximum absolute atomic E-state index is 13.8. The van der Waals surface area contributed by atoms with Gasteiger partial charge in [0.05, 0.1) is 6.54 Å². The Kier molecular flexibility index (Phi) is 3.86. The van der Waals surface area contributed by atoms with Gasteiger partial charge in [0.1, 0.15) is 23.4 Å². The molecular weight excluding hydrogens is 359 g/mol. The molecule has 5 N–H and O–H groups in total. The van der Waals surface area contributed by atoms with Crippen LogP contribution in [0.25, 0.3) is 5.52 Å². The molecule has 0 aromatic carbocycles. The second-order valence-corrected chi connectivity index (χ2v) is 6.09. The highest BCUT2D eigenvalue weighted by atomic mass is 19.1. The number of carboxylic acids is 1. The lowest BCUT2D eigenvalue weighted by atomic mass is 10.2. The van der Waals surface area contributed by atoms with Gasteiger partial charge in [-0.2, -0.15) is 10.1 Å². The number of alkyl halides is 1. The van der Waals surface area contributed by atoms with Gasteiger partial charge in [-0.15, -0.1) is 5.10 Å². The van der Waals surface area contributed by atoms with Crippen molar-refractivity contribution < 1.29 is 19.1 Å². The molecule has 1 amide bonds. The Bertz CT molecular complexity index is 1030. The van der Waals surface area contributed by atoms with Crippen molar-refractivity contribution >= 4 is 35.0 Å². The van der Waals surface area contributed by atoms with Crippen molar-refractivity contribution in [2.75, 3.05) is 16.8 Å². The van der Waals surface area contributed by atoms with Crippen LogP contribution in [-0.4, -0.2) is 60.5 Å². The fourth-order valence-corrected chi connectivity index (χ4v) is 3.01. The van der Waals surface area contributed by atoms with Crippen molar-refractivity contribution in [3.8, 4) is 0 Å². The van der Waals surface area contributed by atoms with Crippen LogP contribution in [0.4, 0.5) is 22.0 Å². The topological polar surface area (TPSA) is 155 Å². The van der Waals surface area contributed by atoms with Crippen molar-refractivity contribution in [2.24, 2.45) is 5.73 Å². The number of hydrogen-bond donors (Lipinski definition) is 4. The summed E-state index contributed by atoms with van der Waals surface area (Å²) in [5.41, 5.74) is 5.90. The average molecular weight is 374 g/mol. The van der Waals surface area contributed by atoms with Gasteiger partial charge in [0, 0.05) is 18.7 Å². The number of carboxylic acid groups (broad SMARTS) is 1. The second kappa shape index (κ2) is 6.23. The van der Waals surface area contributed by atoms with Gasteiger partial charge < -0.3 is 21.1 Å². The van der Waals surface area contributed by atoms with Crippen LogP contribution in [0.2, 0.25) is 0 Å². The molecule has 11 nitrogen and oxygen atoms in total. The summed E-state index contributed by atoms with van der Waals surface area (Å²) in [6, 6.07) is 3.84. The van der Waals surface area contributed by atoms with E-state index in [4.69, 9.17) is 5.73 Å². The van der Waals surface area contributed by atoms with Gasteiger partial charge in [-0.25, -0.2) is 13.7 Å². The monoisotopic (exact) mass is 374 g/mol. The molecule has 1 fully saturated rings. The van der Waals surface area contributed by atoms with E-state index in [2.05, 4.69) is 25.6 Å². The number of amides is 1. The van der Waals surface area contributed by atoms with Crippen LogP contribution >= 0.6 is 0 Å². The smallest absolute Gasteiger partial charge is 0.326 e. The lowest BCUT2D eigenvalue weighted by Crippen LogP contribution is -2.37. The first kappa shape index (κ1) is 16.8. The number of aliphatic carboxylic acids is 1. The van der Waals surface area contributed by atoms with Crippen LogP contribution in [0.3, 0.4) is 0 Å². The molecule has 4 heterocycles. The molecule has 0 saturated carbocycles. The van der Waals surface area contributed by atoms with Crippen LogP contribution < -0.4 is 16.0 Å². The number of anilines is 3. The van der Waals surface area contributed by atoms with E-state index in [0.717, 1.165) is 0 Å². The van der Waals surface area contributed by atoms with Gasteiger partial charge in [-0.3, -0.25) is 9.89 Å². The number of nitrogens with one attached hydrogen (secondary N) is 2. The number of fused-ring (bicyclic) bond motifs is 1. The normalized spacial score (nSPS) is 19.5. The van der Waals surface area contributed by atoms with E-state index in [-0.39, 0.29) is 30.4 Å². The van der Waals surface area contributed by atoms with Crippen LogP contribution in [0.1, 0.15) is 16.9 Å². The number of carbonyl (C=O) groups is 2. The van der Waals surface area contributed by atoms with E-state index in [1.165, 1.54) is 15.5 Å². The Morgan fingerprint density at radius 2 is 2.26 bits per heavy atom. The first-order valence-corrected chi connectivity index (χ1v) is 8.03. The van der Waals surface area contributed by atoms with E-state index in [1.54, 1.807) is 18.3 Å². The number of aromatic amines is 1. The zero-order chi connectivity index (χ0) is 19.1. The molecule has 12 heteroatoms. The number of hydrogen-bond acceptors (Lipinski definition) is 7. The molecule has 1 aliphatic rings. The third-order valence-corrected chi connectivity index (χ3v) is 4.26. The number of halogens is 1. The van der Waals surface area contributed by atoms with Crippen LogP contribution in [0, 0.1) is 0 Å². The van der Waals surface area contributed by atoms with Crippen molar-refractivity contribution in [3.63, 3.8) is 0 Å². The lowest BCUT2D eigenvalue weighted by Gasteiger charge is -2.21. The quantitative estimate of drug-likeness (QED) is 0.497. The minimum Gasteiger partial charge on any atom is -0.480 e. The van der Waals surface area contributed by atoms with E-state index < -0.39 is 24.1 Å². The Morgan fingerprint density at radius 1 is 1.44 bits per heavy atom. The molecule has 2 atom stereocenters. The Morgan fingerprint density at radius 3 is 2.96 bits per heavy atom. The molecule has 1 aliphatic heterocycles. The molecule has 0 radical (unpaired) electrons. The minimum atomic E-state index is -1.28. The molecule has 27 heavy (non-hydrogen) atoms. The highest BCUT2D eigenvalue weighted by Gasteiger charge is 2.39. The molecule has 0 spiro atoms. The highest BCUT2D eigenvalue weighted by molar-refractivity contribution is 5.91. The molecule has 4 rings (SSSR count). The molecule has 0 aliphatic carbocycles. The second-order valence-electron chi connectivity index (χ2n) is 6.09. The molecule has 0 unspecified atom stereocenters. The summed E-state index contributed by atoms with van der Waals surface area (Å²) in [6.07, 6.45) is 0.243. The molecule has 0 bridgehead atoms. The largest absolute Gasteiger partial charge is 0.480 e. The van der Waals surface area contributed by atoms with Crippen molar-refractivity contribution in [1.29, 1.82) is 0 Å². The minimum absolute atomic E-state index is 0.0689. The van der Waals surface area contributed by atoms with Crippen LogP contribution in [0.5, 0.6) is 0 Å². The molecular formula is C15H15FN8O3. The Hall–Kier alpha value is -3.70. The fraction of sp³-hybridized carbons (Fsp3) is 0.267.